The predicted molar refractivity (Wildman–Crippen MR) is 123 cm³/mol. The van der Waals surface area contributed by atoms with Crippen molar-refractivity contribution in [3.63, 3.8) is 0 Å². The molecule has 0 saturated carbocycles. The van der Waals surface area contributed by atoms with Crippen LogP contribution in [0.25, 0.3) is 11.1 Å². The van der Waals surface area contributed by atoms with Crippen molar-refractivity contribution in [3.8, 4) is 11.1 Å². The Bertz CT molecular complexity index is 987. The van der Waals surface area contributed by atoms with Crippen LogP contribution in [0.15, 0.2) is 48.5 Å². The molecule has 2 aromatic rings. The van der Waals surface area contributed by atoms with Crippen LogP contribution in [-0.4, -0.2) is 66.3 Å². The number of nitrogens with one attached hydrogen (secondary N) is 2. The highest BCUT2D eigenvalue weighted by Crippen LogP contribution is 2.44. The lowest BCUT2D eigenvalue weighted by Gasteiger charge is -2.31. The van der Waals surface area contributed by atoms with E-state index in [9.17, 15) is 14.4 Å². The first-order chi connectivity index (χ1) is 15.9. The molecule has 8 nitrogen and oxygen atoms in total. The van der Waals surface area contributed by atoms with Gasteiger partial charge in [-0.2, -0.15) is 0 Å². The Labute approximate surface area is 192 Å². The van der Waals surface area contributed by atoms with Gasteiger partial charge >= 0.3 is 12.1 Å². The van der Waals surface area contributed by atoms with Crippen molar-refractivity contribution in [2.75, 3.05) is 26.2 Å². The number of ether oxygens (including phenoxy) is 1. The molecule has 0 bridgehead atoms. The Morgan fingerprint density at radius 2 is 1.61 bits per heavy atom. The highest BCUT2D eigenvalue weighted by molar-refractivity contribution is 5.84. The first-order valence-corrected chi connectivity index (χ1v) is 11.3. The SMILES string of the molecule is CC(NC(=O)CN1CCC(NC(=O)OCC2c3ccccc3-c3ccccc32)CC1)C(=O)O. The molecular formula is C25H29N3O5. The van der Waals surface area contributed by atoms with Crippen molar-refractivity contribution < 1.29 is 24.2 Å². The van der Waals surface area contributed by atoms with E-state index in [4.69, 9.17) is 9.84 Å². The number of benzene rings is 2. The molecule has 2 amide bonds. The number of hydrogen-bond donors (Lipinski definition) is 3. The second-order valence-corrected chi connectivity index (χ2v) is 8.65. The maximum Gasteiger partial charge on any atom is 0.407 e. The number of rotatable bonds is 7. The number of likely N-dealkylation sites (tertiary alicyclic amines) is 1. The minimum Gasteiger partial charge on any atom is -0.480 e. The molecule has 2 aliphatic rings. The summed E-state index contributed by atoms with van der Waals surface area (Å²) >= 11 is 0. The first-order valence-electron chi connectivity index (χ1n) is 11.3. The summed E-state index contributed by atoms with van der Waals surface area (Å²) in [6.45, 7) is 3.15. The third-order valence-electron chi connectivity index (χ3n) is 6.37. The summed E-state index contributed by atoms with van der Waals surface area (Å²) < 4.78 is 5.62. The van der Waals surface area contributed by atoms with Gasteiger partial charge in [0.25, 0.3) is 0 Å². The molecule has 1 saturated heterocycles. The topological polar surface area (TPSA) is 108 Å². The molecule has 33 heavy (non-hydrogen) atoms. The fourth-order valence-corrected chi connectivity index (χ4v) is 4.59. The molecule has 4 rings (SSSR count). The Kier molecular flexibility index (Phi) is 6.93. The third-order valence-corrected chi connectivity index (χ3v) is 6.37. The van der Waals surface area contributed by atoms with Crippen LogP contribution < -0.4 is 10.6 Å². The van der Waals surface area contributed by atoms with Gasteiger partial charge in [-0.05, 0) is 42.0 Å². The Morgan fingerprint density at radius 3 is 2.18 bits per heavy atom. The fourth-order valence-electron chi connectivity index (χ4n) is 4.59. The molecule has 1 atom stereocenters. The Balaban J connectivity index is 1.23. The van der Waals surface area contributed by atoms with Gasteiger partial charge in [-0.15, -0.1) is 0 Å². The molecule has 1 heterocycles. The number of carboxylic acids is 1. The standard InChI is InChI=1S/C25H29N3O5/c1-16(24(30)31)26-23(29)14-28-12-10-17(11-13-28)27-25(32)33-15-22-20-8-4-2-6-18(20)19-7-3-5-9-21(19)22/h2-9,16-17,22H,10-15H2,1H3,(H,26,29)(H,27,32)(H,30,31). The highest BCUT2D eigenvalue weighted by atomic mass is 16.5. The van der Waals surface area contributed by atoms with E-state index in [1.807, 2.05) is 29.2 Å². The van der Waals surface area contributed by atoms with Gasteiger partial charge in [0.05, 0.1) is 6.54 Å². The van der Waals surface area contributed by atoms with E-state index in [1.54, 1.807) is 0 Å². The van der Waals surface area contributed by atoms with Crippen LogP contribution in [-0.2, 0) is 14.3 Å². The van der Waals surface area contributed by atoms with Crippen LogP contribution in [0.5, 0.6) is 0 Å². The first kappa shape index (κ1) is 22.8. The van der Waals surface area contributed by atoms with Gasteiger partial charge in [0.1, 0.15) is 12.6 Å². The van der Waals surface area contributed by atoms with Crippen molar-refractivity contribution in [2.45, 2.75) is 37.8 Å². The number of amides is 2. The summed E-state index contributed by atoms with van der Waals surface area (Å²) in [5.74, 6) is -1.35. The van der Waals surface area contributed by atoms with Crippen LogP contribution in [0.2, 0.25) is 0 Å². The molecule has 1 fully saturated rings. The van der Waals surface area contributed by atoms with Gasteiger partial charge in [-0.25, -0.2) is 4.79 Å². The van der Waals surface area contributed by atoms with E-state index in [-0.39, 0.29) is 31.0 Å². The summed E-state index contributed by atoms with van der Waals surface area (Å²) in [4.78, 5) is 37.2. The van der Waals surface area contributed by atoms with Crippen LogP contribution >= 0.6 is 0 Å². The normalized spacial score (nSPS) is 17.0. The lowest BCUT2D eigenvalue weighted by molar-refractivity contribution is -0.141. The molecule has 8 heteroatoms. The molecule has 3 N–H and O–H groups in total. The summed E-state index contributed by atoms with van der Waals surface area (Å²) in [6.07, 6.45) is 0.973. The lowest BCUT2D eigenvalue weighted by atomic mass is 9.98. The van der Waals surface area contributed by atoms with E-state index in [0.717, 1.165) is 0 Å². The highest BCUT2D eigenvalue weighted by Gasteiger charge is 2.29. The van der Waals surface area contributed by atoms with Gasteiger partial charge < -0.3 is 20.5 Å². The van der Waals surface area contributed by atoms with Crippen LogP contribution in [0.4, 0.5) is 4.79 Å². The maximum absolute atomic E-state index is 12.5. The fraction of sp³-hybridized carbons (Fsp3) is 0.400. The summed E-state index contributed by atoms with van der Waals surface area (Å²) in [5.41, 5.74) is 4.73. The molecule has 1 unspecified atom stereocenters. The maximum atomic E-state index is 12.5. The van der Waals surface area contributed by atoms with Gasteiger partial charge in [0, 0.05) is 25.0 Å². The number of carboxylic acid groups (broad SMARTS) is 1. The molecule has 1 aliphatic carbocycles. The molecule has 0 radical (unpaired) electrons. The number of hydrogen-bond acceptors (Lipinski definition) is 5. The zero-order valence-electron chi connectivity index (χ0n) is 18.6. The molecule has 0 spiro atoms. The molecule has 0 aromatic heterocycles. The van der Waals surface area contributed by atoms with Gasteiger partial charge in [-0.3, -0.25) is 14.5 Å². The summed E-state index contributed by atoms with van der Waals surface area (Å²) in [6, 6.07) is 15.5. The summed E-state index contributed by atoms with van der Waals surface area (Å²) in [7, 11) is 0. The number of alkyl carbamates (subject to hydrolysis) is 1. The number of aliphatic carboxylic acids is 1. The predicted octanol–water partition coefficient (Wildman–Crippen LogP) is 2.58. The average molecular weight is 452 g/mol. The van der Waals surface area contributed by atoms with Crippen LogP contribution in [0, 0.1) is 0 Å². The number of carbonyl (C=O) groups is 3. The zero-order chi connectivity index (χ0) is 23.4. The van der Waals surface area contributed by atoms with Gasteiger partial charge in [0.15, 0.2) is 0 Å². The van der Waals surface area contributed by atoms with Crippen LogP contribution in [0.3, 0.4) is 0 Å². The minimum atomic E-state index is -1.06. The van der Waals surface area contributed by atoms with Crippen molar-refractivity contribution in [2.24, 2.45) is 0 Å². The monoisotopic (exact) mass is 451 g/mol. The van der Waals surface area contributed by atoms with Crippen LogP contribution in [0.1, 0.15) is 36.8 Å². The number of fused-ring (bicyclic) bond motifs is 3. The van der Waals surface area contributed by atoms with E-state index in [2.05, 4.69) is 34.9 Å². The van der Waals surface area contributed by atoms with Crippen molar-refractivity contribution in [1.82, 2.24) is 15.5 Å². The van der Waals surface area contributed by atoms with Crippen molar-refractivity contribution >= 4 is 18.0 Å². The number of nitrogens with zero attached hydrogens (tertiary/aromatic N) is 1. The second kappa shape index (κ2) is 10.0. The second-order valence-electron chi connectivity index (χ2n) is 8.65. The number of carbonyl (C=O) groups excluding carboxylic acids is 2. The average Bonchev–Trinajstić information content (AvgIpc) is 3.12. The molecule has 1 aliphatic heterocycles. The molecule has 174 valence electrons. The van der Waals surface area contributed by atoms with E-state index >= 15 is 0 Å². The zero-order valence-corrected chi connectivity index (χ0v) is 18.6. The van der Waals surface area contributed by atoms with Crippen molar-refractivity contribution in [3.05, 3.63) is 59.7 Å². The van der Waals surface area contributed by atoms with E-state index in [1.165, 1.54) is 29.2 Å². The third kappa shape index (κ3) is 5.34. The largest absolute Gasteiger partial charge is 0.480 e. The smallest absolute Gasteiger partial charge is 0.407 e. The number of piperidine rings is 1. The van der Waals surface area contributed by atoms with E-state index in [0.29, 0.717) is 25.9 Å². The molecular weight excluding hydrogens is 422 g/mol. The van der Waals surface area contributed by atoms with Gasteiger partial charge in [0.2, 0.25) is 5.91 Å². The lowest BCUT2D eigenvalue weighted by Crippen LogP contribution is -2.49. The molecule has 2 aromatic carbocycles. The summed E-state index contributed by atoms with van der Waals surface area (Å²) in [5, 5.41) is 14.3. The quantitative estimate of drug-likeness (QED) is 0.597. The Hall–Kier alpha value is -3.39. The van der Waals surface area contributed by atoms with Gasteiger partial charge in [-0.1, -0.05) is 48.5 Å². The van der Waals surface area contributed by atoms with Crippen molar-refractivity contribution in [1.29, 1.82) is 0 Å². The minimum absolute atomic E-state index is 0.0158. The van der Waals surface area contributed by atoms with E-state index < -0.39 is 18.1 Å². The Morgan fingerprint density at radius 1 is 1.03 bits per heavy atom.